The van der Waals surface area contributed by atoms with Crippen LogP contribution in [-0.4, -0.2) is 24.3 Å². The average Bonchev–Trinajstić information content (AvgIpc) is 2.59. The molecular weight excluding hydrogens is 398 g/mol. The number of anilines is 1. The van der Waals surface area contributed by atoms with Crippen LogP contribution in [0.3, 0.4) is 0 Å². The quantitative estimate of drug-likeness (QED) is 0.575. The van der Waals surface area contributed by atoms with Crippen molar-refractivity contribution in [2.75, 3.05) is 11.9 Å². The van der Waals surface area contributed by atoms with Gasteiger partial charge in [-0.1, -0.05) is 32.9 Å². The van der Waals surface area contributed by atoms with Gasteiger partial charge in [-0.3, -0.25) is 9.59 Å². The van der Waals surface area contributed by atoms with Gasteiger partial charge in [-0.25, -0.2) is 4.79 Å². The van der Waals surface area contributed by atoms with Crippen molar-refractivity contribution in [1.29, 1.82) is 0 Å². The lowest BCUT2D eigenvalue weighted by molar-refractivity contribution is -0.123. The molecule has 0 unspecified atom stereocenters. The summed E-state index contributed by atoms with van der Waals surface area (Å²) in [6.07, 6.45) is 0. The lowest BCUT2D eigenvalue weighted by Crippen LogP contribution is -2.27. The van der Waals surface area contributed by atoms with Gasteiger partial charge in [0.05, 0.1) is 5.56 Å². The molecule has 2 rings (SSSR count). The third kappa shape index (κ3) is 5.26. The highest BCUT2D eigenvalue weighted by Crippen LogP contribution is 2.19. The van der Waals surface area contributed by atoms with Crippen molar-refractivity contribution in [1.82, 2.24) is 0 Å². The van der Waals surface area contributed by atoms with E-state index in [2.05, 4.69) is 21.2 Å². The first-order valence-electron chi connectivity index (χ1n) is 8.05. The molecule has 136 valence electrons. The van der Waals surface area contributed by atoms with E-state index in [1.807, 2.05) is 20.8 Å². The van der Waals surface area contributed by atoms with Gasteiger partial charge in [0.25, 0.3) is 0 Å². The highest BCUT2D eigenvalue weighted by atomic mass is 79.9. The van der Waals surface area contributed by atoms with Crippen molar-refractivity contribution in [2.24, 2.45) is 5.41 Å². The fraction of sp³-hybridized carbons (Fsp3) is 0.250. The fourth-order valence-corrected chi connectivity index (χ4v) is 2.42. The molecule has 6 heteroatoms. The molecule has 2 aromatic carbocycles. The van der Waals surface area contributed by atoms with E-state index in [0.717, 1.165) is 0 Å². The molecule has 5 nitrogen and oxygen atoms in total. The highest BCUT2D eigenvalue weighted by molar-refractivity contribution is 9.10. The SMILES string of the molecule is CC(C)(C)C(=O)Nc1ccc(C(=O)COC(=O)c2ccccc2Br)cc1. The summed E-state index contributed by atoms with van der Waals surface area (Å²) in [4.78, 5) is 36.2. The first-order chi connectivity index (χ1) is 12.2. The molecule has 0 aliphatic carbocycles. The van der Waals surface area contributed by atoms with E-state index < -0.39 is 11.4 Å². The Morgan fingerprint density at radius 1 is 1.00 bits per heavy atom. The Kier molecular flexibility index (Phi) is 6.32. The summed E-state index contributed by atoms with van der Waals surface area (Å²) in [5.74, 6) is -1.00. The number of ketones is 1. The van der Waals surface area contributed by atoms with Crippen LogP contribution in [0.1, 0.15) is 41.5 Å². The predicted octanol–water partition coefficient (Wildman–Crippen LogP) is 4.47. The minimum atomic E-state index is -0.570. The summed E-state index contributed by atoms with van der Waals surface area (Å²) in [7, 11) is 0. The number of hydrogen-bond acceptors (Lipinski definition) is 4. The van der Waals surface area contributed by atoms with Crippen molar-refractivity contribution in [2.45, 2.75) is 20.8 Å². The average molecular weight is 418 g/mol. The molecule has 1 amide bonds. The molecule has 0 spiro atoms. The lowest BCUT2D eigenvalue weighted by atomic mass is 9.95. The van der Waals surface area contributed by atoms with Gasteiger partial charge < -0.3 is 10.1 Å². The minimum absolute atomic E-state index is 0.112. The molecular formula is C20H20BrNO4. The van der Waals surface area contributed by atoms with Gasteiger partial charge in [-0.2, -0.15) is 0 Å². The summed E-state index contributed by atoms with van der Waals surface area (Å²) < 4.78 is 5.68. The molecule has 0 aromatic heterocycles. The Morgan fingerprint density at radius 3 is 2.19 bits per heavy atom. The number of rotatable bonds is 5. The molecule has 0 aliphatic heterocycles. The van der Waals surface area contributed by atoms with Crippen molar-refractivity contribution in [3.8, 4) is 0 Å². The maximum Gasteiger partial charge on any atom is 0.339 e. The molecule has 0 radical (unpaired) electrons. The summed E-state index contributed by atoms with van der Waals surface area (Å²) in [6, 6.07) is 13.3. The van der Waals surface area contributed by atoms with Crippen LogP contribution in [-0.2, 0) is 9.53 Å². The standard InChI is InChI=1S/C20H20BrNO4/c1-20(2,3)19(25)22-14-10-8-13(9-11-14)17(23)12-26-18(24)15-6-4-5-7-16(15)21/h4-11H,12H2,1-3H3,(H,22,25). The Balaban J connectivity index is 1.95. The molecule has 26 heavy (non-hydrogen) atoms. The second kappa shape index (κ2) is 8.27. The topological polar surface area (TPSA) is 72.5 Å². The van der Waals surface area contributed by atoms with E-state index in [-0.39, 0.29) is 18.3 Å². The minimum Gasteiger partial charge on any atom is -0.454 e. The van der Waals surface area contributed by atoms with Gasteiger partial charge in [0.1, 0.15) is 0 Å². The van der Waals surface area contributed by atoms with E-state index in [9.17, 15) is 14.4 Å². The zero-order valence-corrected chi connectivity index (χ0v) is 16.4. The number of nitrogens with one attached hydrogen (secondary N) is 1. The van der Waals surface area contributed by atoms with E-state index in [4.69, 9.17) is 4.74 Å². The van der Waals surface area contributed by atoms with Crippen LogP contribution in [0.15, 0.2) is 53.0 Å². The summed E-state index contributed by atoms with van der Waals surface area (Å²) in [5, 5.41) is 2.79. The number of esters is 1. The maximum absolute atomic E-state index is 12.2. The second-order valence-corrected chi connectivity index (χ2v) is 7.61. The molecule has 0 fully saturated rings. The molecule has 0 saturated heterocycles. The van der Waals surface area contributed by atoms with Crippen LogP contribution in [0, 0.1) is 5.41 Å². The van der Waals surface area contributed by atoms with Crippen LogP contribution in [0.4, 0.5) is 5.69 Å². The molecule has 0 bridgehead atoms. The van der Waals surface area contributed by atoms with Crippen LogP contribution >= 0.6 is 15.9 Å². The van der Waals surface area contributed by atoms with Gasteiger partial charge >= 0.3 is 5.97 Å². The third-order valence-electron chi connectivity index (χ3n) is 3.57. The summed E-state index contributed by atoms with van der Waals surface area (Å²) in [5.41, 5.74) is 0.861. The van der Waals surface area contributed by atoms with Gasteiger partial charge in [0.15, 0.2) is 12.4 Å². The van der Waals surface area contributed by atoms with Gasteiger partial charge in [-0.15, -0.1) is 0 Å². The zero-order chi connectivity index (χ0) is 19.3. The van der Waals surface area contributed by atoms with E-state index in [1.54, 1.807) is 48.5 Å². The molecule has 1 N–H and O–H groups in total. The Labute approximate surface area is 160 Å². The van der Waals surface area contributed by atoms with Crippen molar-refractivity contribution < 1.29 is 19.1 Å². The molecule has 2 aromatic rings. The first-order valence-corrected chi connectivity index (χ1v) is 8.84. The number of amides is 1. The van der Waals surface area contributed by atoms with Crippen LogP contribution in [0.25, 0.3) is 0 Å². The first kappa shape index (κ1) is 19.8. The largest absolute Gasteiger partial charge is 0.454 e. The number of carbonyl (C=O) groups is 3. The number of hydrogen-bond donors (Lipinski definition) is 1. The summed E-state index contributed by atoms with van der Waals surface area (Å²) in [6.45, 7) is 5.10. The predicted molar refractivity (Wildman–Crippen MR) is 103 cm³/mol. The van der Waals surface area contributed by atoms with E-state index in [0.29, 0.717) is 21.3 Å². The van der Waals surface area contributed by atoms with E-state index >= 15 is 0 Å². The van der Waals surface area contributed by atoms with E-state index in [1.165, 1.54) is 0 Å². The molecule has 0 atom stereocenters. The fourth-order valence-electron chi connectivity index (χ4n) is 1.98. The van der Waals surface area contributed by atoms with Crippen LogP contribution < -0.4 is 5.32 Å². The molecule has 0 heterocycles. The number of halogens is 1. The summed E-state index contributed by atoms with van der Waals surface area (Å²) >= 11 is 3.27. The number of Topliss-reactive ketones (excluding diaryl/α,β-unsaturated/α-hetero) is 1. The number of carbonyl (C=O) groups excluding carboxylic acids is 3. The smallest absolute Gasteiger partial charge is 0.339 e. The van der Waals surface area contributed by atoms with Crippen molar-refractivity contribution in [3.63, 3.8) is 0 Å². The molecule has 0 saturated carbocycles. The Hall–Kier alpha value is -2.47. The van der Waals surface area contributed by atoms with Crippen molar-refractivity contribution in [3.05, 3.63) is 64.1 Å². The van der Waals surface area contributed by atoms with Gasteiger partial charge in [0.2, 0.25) is 5.91 Å². The maximum atomic E-state index is 12.2. The van der Waals surface area contributed by atoms with Crippen LogP contribution in [0.2, 0.25) is 0 Å². The van der Waals surface area contributed by atoms with Gasteiger partial charge in [-0.05, 0) is 52.3 Å². The van der Waals surface area contributed by atoms with Crippen LogP contribution in [0.5, 0.6) is 0 Å². The monoisotopic (exact) mass is 417 g/mol. The lowest BCUT2D eigenvalue weighted by Gasteiger charge is -2.17. The zero-order valence-electron chi connectivity index (χ0n) is 14.8. The third-order valence-corrected chi connectivity index (χ3v) is 4.27. The van der Waals surface area contributed by atoms with Crippen molar-refractivity contribution >= 4 is 39.3 Å². The Bertz CT molecular complexity index is 822. The normalized spacial score (nSPS) is 10.9. The number of ether oxygens (including phenoxy) is 1. The Morgan fingerprint density at radius 2 is 1.62 bits per heavy atom. The second-order valence-electron chi connectivity index (χ2n) is 6.76. The highest BCUT2D eigenvalue weighted by Gasteiger charge is 2.21. The van der Waals surface area contributed by atoms with Gasteiger partial charge in [0, 0.05) is 21.1 Å². The number of benzene rings is 2. The molecule has 0 aliphatic rings.